The van der Waals surface area contributed by atoms with Gasteiger partial charge in [-0.05, 0) is 75.0 Å². The minimum Gasteiger partial charge on any atom is -0.326 e. The molecule has 2 aromatic carbocycles. The zero-order valence-electron chi connectivity index (χ0n) is 16.7. The van der Waals surface area contributed by atoms with Crippen LogP contribution >= 0.6 is 12.4 Å². The number of piperidine rings is 1. The molecule has 0 saturated carbocycles. The largest absolute Gasteiger partial charge is 0.326 e. The molecule has 0 aliphatic carbocycles. The first kappa shape index (κ1) is 22.7. The van der Waals surface area contributed by atoms with Crippen LogP contribution in [0.2, 0.25) is 0 Å². The van der Waals surface area contributed by atoms with Gasteiger partial charge in [0.2, 0.25) is 5.91 Å². The molecule has 7 heteroatoms. The molecule has 1 heterocycles. The topological polar surface area (TPSA) is 82.3 Å². The van der Waals surface area contributed by atoms with Gasteiger partial charge < -0.3 is 21.3 Å². The highest BCUT2D eigenvalue weighted by Gasteiger charge is 2.15. The SMILES string of the molecule is Cc1ccc(NC(=O)Nc2ccccc2)cc1NC(=O)CCC1CCNCC1.Cl. The van der Waals surface area contributed by atoms with Crippen molar-refractivity contribution in [3.8, 4) is 0 Å². The average Bonchev–Trinajstić information content (AvgIpc) is 2.70. The average molecular weight is 417 g/mol. The summed E-state index contributed by atoms with van der Waals surface area (Å²) >= 11 is 0. The van der Waals surface area contributed by atoms with E-state index in [0.717, 1.165) is 49.3 Å². The summed E-state index contributed by atoms with van der Waals surface area (Å²) in [5.74, 6) is 0.648. The summed E-state index contributed by atoms with van der Waals surface area (Å²) in [5, 5.41) is 11.9. The normalized spacial score (nSPS) is 13.8. The summed E-state index contributed by atoms with van der Waals surface area (Å²) < 4.78 is 0. The van der Waals surface area contributed by atoms with E-state index in [2.05, 4.69) is 21.3 Å². The second-order valence-corrected chi connectivity index (χ2v) is 7.26. The second kappa shape index (κ2) is 11.4. The summed E-state index contributed by atoms with van der Waals surface area (Å²) in [6.07, 6.45) is 3.73. The molecule has 3 rings (SSSR count). The van der Waals surface area contributed by atoms with Crippen LogP contribution in [0.5, 0.6) is 0 Å². The lowest BCUT2D eigenvalue weighted by Gasteiger charge is -2.22. The van der Waals surface area contributed by atoms with Crippen molar-refractivity contribution in [1.29, 1.82) is 0 Å². The van der Waals surface area contributed by atoms with E-state index < -0.39 is 0 Å². The van der Waals surface area contributed by atoms with Gasteiger partial charge in [-0.1, -0.05) is 24.3 Å². The number of urea groups is 1. The third-order valence-electron chi connectivity index (χ3n) is 5.04. The Morgan fingerprint density at radius 1 is 0.966 bits per heavy atom. The van der Waals surface area contributed by atoms with E-state index in [1.807, 2.05) is 49.4 Å². The lowest BCUT2D eigenvalue weighted by atomic mass is 9.93. The van der Waals surface area contributed by atoms with Crippen molar-refractivity contribution in [2.24, 2.45) is 5.92 Å². The Kier molecular flexibility index (Phi) is 8.96. The number of hydrogen-bond acceptors (Lipinski definition) is 3. The maximum atomic E-state index is 12.4. The van der Waals surface area contributed by atoms with Gasteiger partial charge in [0, 0.05) is 23.5 Å². The van der Waals surface area contributed by atoms with Crippen LogP contribution in [0.15, 0.2) is 48.5 Å². The molecule has 0 radical (unpaired) electrons. The fourth-order valence-corrected chi connectivity index (χ4v) is 3.37. The molecule has 6 nitrogen and oxygen atoms in total. The molecule has 1 fully saturated rings. The molecule has 0 unspecified atom stereocenters. The molecule has 156 valence electrons. The highest BCUT2D eigenvalue weighted by Crippen LogP contribution is 2.22. The minimum atomic E-state index is -0.321. The lowest BCUT2D eigenvalue weighted by Crippen LogP contribution is -2.28. The number of halogens is 1. The molecule has 4 N–H and O–H groups in total. The minimum absolute atomic E-state index is 0. The van der Waals surface area contributed by atoms with Gasteiger partial charge in [0.15, 0.2) is 0 Å². The summed E-state index contributed by atoms with van der Waals surface area (Å²) in [5.41, 5.74) is 3.04. The number of aryl methyl sites for hydroxylation is 1. The van der Waals surface area contributed by atoms with Gasteiger partial charge in [0.1, 0.15) is 0 Å². The van der Waals surface area contributed by atoms with Crippen LogP contribution in [-0.4, -0.2) is 25.0 Å². The van der Waals surface area contributed by atoms with Crippen molar-refractivity contribution in [1.82, 2.24) is 5.32 Å². The van der Waals surface area contributed by atoms with E-state index in [4.69, 9.17) is 0 Å². The van der Waals surface area contributed by atoms with Crippen LogP contribution in [0.25, 0.3) is 0 Å². The van der Waals surface area contributed by atoms with Crippen LogP contribution in [0.4, 0.5) is 21.9 Å². The summed E-state index contributed by atoms with van der Waals surface area (Å²) in [6, 6.07) is 14.4. The molecule has 0 aromatic heterocycles. The Labute approximate surface area is 178 Å². The van der Waals surface area contributed by atoms with Crippen molar-refractivity contribution >= 4 is 41.4 Å². The van der Waals surface area contributed by atoms with Gasteiger partial charge in [-0.3, -0.25) is 4.79 Å². The molecule has 1 aliphatic rings. The third-order valence-corrected chi connectivity index (χ3v) is 5.04. The van der Waals surface area contributed by atoms with E-state index >= 15 is 0 Å². The van der Waals surface area contributed by atoms with Gasteiger partial charge >= 0.3 is 6.03 Å². The summed E-state index contributed by atoms with van der Waals surface area (Å²) in [4.78, 5) is 24.5. The van der Waals surface area contributed by atoms with Crippen molar-refractivity contribution in [2.45, 2.75) is 32.6 Å². The zero-order valence-corrected chi connectivity index (χ0v) is 17.5. The maximum absolute atomic E-state index is 12.4. The molecular formula is C22H29ClN4O2. The highest BCUT2D eigenvalue weighted by molar-refractivity contribution is 6.00. The smallest absolute Gasteiger partial charge is 0.323 e. The van der Waals surface area contributed by atoms with Crippen LogP contribution < -0.4 is 21.3 Å². The van der Waals surface area contributed by atoms with E-state index in [0.29, 0.717) is 18.0 Å². The number of hydrogen-bond donors (Lipinski definition) is 4. The van der Waals surface area contributed by atoms with Crippen molar-refractivity contribution in [3.63, 3.8) is 0 Å². The Morgan fingerprint density at radius 3 is 2.38 bits per heavy atom. The van der Waals surface area contributed by atoms with Gasteiger partial charge in [-0.25, -0.2) is 4.79 Å². The monoisotopic (exact) mass is 416 g/mol. The number of carbonyl (C=O) groups is 2. The number of benzene rings is 2. The lowest BCUT2D eigenvalue weighted by molar-refractivity contribution is -0.116. The number of nitrogens with one attached hydrogen (secondary N) is 4. The summed E-state index contributed by atoms with van der Waals surface area (Å²) in [6.45, 7) is 4.03. The molecule has 1 saturated heterocycles. The van der Waals surface area contributed by atoms with E-state index in [9.17, 15) is 9.59 Å². The van der Waals surface area contributed by atoms with Crippen LogP contribution in [0.1, 0.15) is 31.2 Å². The number of carbonyl (C=O) groups excluding carboxylic acids is 2. The molecular weight excluding hydrogens is 388 g/mol. The first-order chi connectivity index (χ1) is 13.6. The van der Waals surface area contributed by atoms with Crippen LogP contribution in [-0.2, 0) is 4.79 Å². The molecule has 2 aromatic rings. The van der Waals surface area contributed by atoms with Gasteiger partial charge in [0.05, 0.1) is 0 Å². The fourth-order valence-electron chi connectivity index (χ4n) is 3.37. The number of para-hydroxylation sites is 1. The molecule has 29 heavy (non-hydrogen) atoms. The van der Waals surface area contributed by atoms with E-state index in [1.54, 1.807) is 6.07 Å². The highest BCUT2D eigenvalue weighted by atomic mass is 35.5. The van der Waals surface area contributed by atoms with E-state index in [-0.39, 0.29) is 24.3 Å². The first-order valence-corrected chi connectivity index (χ1v) is 9.84. The Bertz CT molecular complexity index is 808. The van der Waals surface area contributed by atoms with Crippen molar-refractivity contribution in [3.05, 3.63) is 54.1 Å². The molecule has 0 bridgehead atoms. The van der Waals surface area contributed by atoms with Gasteiger partial charge in [-0.15, -0.1) is 12.4 Å². The first-order valence-electron chi connectivity index (χ1n) is 9.84. The second-order valence-electron chi connectivity index (χ2n) is 7.26. The molecule has 0 spiro atoms. The number of amides is 3. The predicted molar refractivity (Wildman–Crippen MR) is 121 cm³/mol. The van der Waals surface area contributed by atoms with Crippen molar-refractivity contribution in [2.75, 3.05) is 29.0 Å². The van der Waals surface area contributed by atoms with Gasteiger partial charge in [-0.2, -0.15) is 0 Å². The molecule has 3 amide bonds. The Morgan fingerprint density at radius 2 is 1.66 bits per heavy atom. The summed E-state index contributed by atoms with van der Waals surface area (Å²) in [7, 11) is 0. The third kappa shape index (κ3) is 7.40. The van der Waals surface area contributed by atoms with E-state index in [1.165, 1.54) is 0 Å². The molecule has 1 aliphatic heterocycles. The maximum Gasteiger partial charge on any atom is 0.323 e. The van der Waals surface area contributed by atoms with Crippen LogP contribution in [0.3, 0.4) is 0 Å². The standard InChI is InChI=1S/C22H28N4O2.ClH/c1-16-7-9-19(25-22(28)24-18-5-3-2-4-6-18)15-20(16)26-21(27)10-8-17-11-13-23-14-12-17;/h2-7,9,15,17,23H,8,10-14H2,1H3,(H,26,27)(H2,24,25,28);1H. The fraction of sp³-hybridized carbons (Fsp3) is 0.364. The number of rotatable bonds is 6. The molecule has 0 atom stereocenters. The quantitative estimate of drug-likeness (QED) is 0.547. The zero-order chi connectivity index (χ0) is 19.8. The Hall–Kier alpha value is -2.57. The van der Waals surface area contributed by atoms with Crippen molar-refractivity contribution < 1.29 is 9.59 Å². The Balaban J connectivity index is 0.00000300. The predicted octanol–water partition coefficient (Wildman–Crippen LogP) is 4.78. The number of anilines is 3. The van der Waals surface area contributed by atoms with Crippen LogP contribution in [0, 0.1) is 12.8 Å². The van der Waals surface area contributed by atoms with Gasteiger partial charge in [0.25, 0.3) is 0 Å².